The Balaban J connectivity index is 0.00000441. The van der Waals surface area contributed by atoms with Crippen LogP contribution >= 0.6 is 23.2 Å². The van der Waals surface area contributed by atoms with E-state index in [0.29, 0.717) is 48.3 Å². The predicted octanol–water partition coefficient (Wildman–Crippen LogP) is -0.473. The third kappa shape index (κ3) is 9.53. The lowest BCUT2D eigenvalue weighted by atomic mass is 9.87. The van der Waals surface area contributed by atoms with E-state index in [1.54, 1.807) is 42.5 Å². The number of piperazine rings is 1. The van der Waals surface area contributed by atoms with Gasteiger partial charge in [0, 0.05) is 25.6 Å². The number of primary amides is 1. The van der Waals surface area contributed by atoms with Gasteiger partial charge in [0.05, 0.1) is 22.3 Å². The second-order valence-electron chi connectivity index (χ2n) is 9.63. The lowest BCUT2D eigenvalue weighted by Crippen LogP contribution is -3.00. The highest BCUT2D eigenvalue weighted by Crippen LogP contribution is 2.31. The SMILES string of the molecule is NC(=O)C1CN(CC(=O)Nc2c(Cl)cccc2Cl)CCN1CCCC(c1ccc(F)cc1)c1ccc(F)cc1.[Cl-].[Cl-].[H+].[H+]. The van der Waals surface area contributed by atoms with E-state index in [1.807, 2.05) is 9.80 Å². The van der Waals surface area contributed by atoms with Gasteiger partial charge in [0.2, 0.25) is 11.8 Å². The molecule has 2 amide bonds. The second-order valence-corrected chi connectivity index (χ2v) is 10.4. The smallest absolute Gasteiger partial charge is 1.00 e. The number of carbonyl (C=O) groups excluding carboxylic acids is 2. The van der Waals surface area contributed by atoms with Gasteiger partial charge in [-0.25, -0.2) is 8.78 Å². The summed E-state index contributed by atoms with van der Waals surface area (Å²) in [5, 5.41) is 3.43. The molecule has 0 radical (unpaired) electrons. The lowest BCUT2D eigenvalue weighted by molar-refractivity contribution is -0.127. The number of nitrogens with zero attached hydrogens (tertiary/aromatic N) is 2. The predicted molar refractivity (Wildman–Crippen MR) is 152 cm³/mol. The Morgan fingerprint density at radius 3 is 1.98 bits per heavy atom. The number of carbonyl (C=O) groups is 2. The van der Waals surface area contributed by atoms with Gasteiger partial charge in [-0.05, 0) is 66.9 Å². The number of nitrogens with two attached hydrogens (primary N) is 1. The largest absolute Gasteiger partial charge is 1.00 e. The van der Waals surface area contributed by atoms with Crippen LogP contribution in [0.25, 0.3) is 0 Å². The number of hydrogen-bond donors (Lipinski definition) is 2. The van der Waals surface area contributed by atoms with E-state index >= 15 is 0 Å². The number of rotatable bonds is 10. The average molecular weight is 648 g/mol. The van der Waals surface area contributed by atoms with Crippen LogP contribution in [0.5, 0.6) is 0 Å². The number of hydrogen-bond acceptors (Lipinski definition) is 4. The minimum Gasteiger partial charge on any atom is -1.00 e. The van der Waals surface area contributed by atoms with Crippen molar-refractivity contribution in [2.24, 2.45) is 5.73 Å². The van der Waals surface area contributed by atoms with Crippen molar-refractivity contribution in [3.8, 4) is 0 Å². The van der Waals surface area contributed by atoms with Crippen LogP contribution in [-0.4, -0.2) is 60.4 Å². The molecule has 0 aliphatic carbocycles. The van der Waals surface area contributed by atoms with Crippen molar-refractivity contribution in [1.29, 1.82) is 0 Å². The first-order valence-corrected chi connectivity index (χ1v) is 13.5. The summed E-state index contributed by atoms with van der Waals surface area (Å²) in [4.78, 5) is 28.9. The van der Waals surface area contributed by atoms with Gasteiger partial charge < -0.3 is 35.9 Å². The molecule has 6 nitrogen and oxygen atoms in total. The molecule has 3 aromatic carbocycles. The quantitative estimate of drug-likeness (QED) is 0.312. The number of amides is 2. The van der Waals surface area contributed by atoms with Gasteiger partial charge in [0.25, 0.3) is 0 Å². The highest BCUT2D eigenvalue weighted by atomic mass is 35.5. The van der Waals surface area contributed by atoms with Crippen molar-refractivity contribution in [3.05, 3.63) is 99.5 Å². The van der Waals surface area contributed by atoms with Crippen molar-refractivity contribution >= 4 is 40.7 Å². The Bertz CT molecular complexity index is 1240. The summed E-state index contributed by atoms with van der Waals surface area (Å²) >= 11 is 12.3. The average Bonchev–Trinajstić information content (AvgIpc) is 2.91. The zero-order valence-electron chi connectivity index (χ0n) is 24.0. The molecular weight excluding hydrogens is 616 g/mol. The van der Waals surface area contributed by atoms with Crippen molar-refractivity contribution in [2.75, 3.05) is 38.0 Å². The Hall–Kier alpha value is -2.46. The van der Waals surface area contributed by atoms with Crippen molar-refractivity contribution < 1.29 is 46.0 Å². The highest BCUT2D eigenvalue weighted by molar-refractivity contribution is 6.39. The van der Waals surface area contributed by atoms with Gasteiger partial charge in [-0.1, -0.05) is 53.5 Å². The Labute approximate surface area is 263 Å². The van der Waals surface area contributed by atoms with Crippen molar-refractivity contribution in [1.82, 2.24) is 9.80 Å². The molecule has 3 N–H and O–H groups in total. The Kier molecular flexibility index (Phi) is 13.8. The van der Waals surface area contributed by atoms with Gasteiger partial charge in [-0.15, -0.1) is 0 Å². The van der Waals surface area contributed by atoms with Gasteiger partial charge >= 0.3 is 2.85 Å². The van der Waals surface area contributed by atoms with E-state index < -0.39 is 11.9 Å². The van der Waals surface area contributed by atoms with Crippen LogP contribution in [0.2, 0.25) is 10.0 Å². The van der Waals surface area contributed by atoms with Crippen molar-refractivity contribution in [2.45, 2.75) is 24.8 Å². The minimum absolute atomic E-state index is 0. The van der Waals surface area contributed by atoms with Gasteiger partial charge in [-0.3, -0.25) is 19.4 Å². The molecule has 0 bridgehead atoms. The first kappa shape index (κ1) is 34.7. The third-order valence-corrected chi connectivity index (χ3v) is 7.61. The zero-order valence-corrected chi connectivity index (χ0v) is 25.0. The lowest BCUT2D eigenvalue weighted by Gasteiger charge is -2.39. The summed E-state index contributed by atoms with van der Waals surface area (Å²) < 4.78 is 27.1. The van der Waals surface area contributed by atoms with Crippen LogP contribution in [0.1, 0.15) is 32.7 Å². The molecule has 3 aromatic rings. The molecule has 0 spiro atoms. The van der Waals surface area contributed by atoms with Gasteiger partial charge in [-0.2, -0.15) is 0 Å². The van der Waals surface area contributed by atoms with E-state index in [2.05, 4.69) is 5.32 Å². The molecular formula is C29H32Cl4F2N4O2. The standard InChI is InChI=1S/C29H30Cl2F2N4O2.2ClH/c30-24-4-1-5-25(31)28(24)35-27(38)18-36-15-16-37(26(17-36)29(34)39)14-2-3-23(19-6-10-21(32)11-7-19)20-8-12-22(33)13-9-20;;/h1,4-13,23,26H,2-3,14-18H2,(H2,34,39)(H,35,38);2*1H. The number of halogens is 6. The third-order valence-electron chi connectivity index (χ3n) is 6.98. The molecule has 0 aromatic heterocycles. The number of anilines is 1. The van der Waals surface area contributed by atoms with Crippen LogP contribution in [0.3, 0.4) is 0 Å². The van der Waals surface area contributed by atoms with Gasteiger partial charge in [0.15, 0.2) is 0 Å². The number of benzene rings is 3. The number of nitrogens with one attached hydrogen (secondary N) is 1. The molecule has 1 aliphatic heterocycles. The van der Waals surface area contributed by atoms with E-state index in [1.165, 1.54) is 24.3 Å². The van der Waals surface area contributed by atoms with Crippen LogP contribution in [-0.2, 0) is 9.59 Å². The van der Waals surface area contributed by atoms with Crippen LogP contribution < -0.4 is 35.9 Å². The van der Waals surface area contributed by atoms with E-state index in [0.717, 1.165) is 17.5 Å². The van der Waals surface area contributed by atoms with E-state index in [4.69, 9.17) is 28.9 Å². The highest BCUT2D eigenvalue weighted by Gasteiger charge is 2.31. The molecule has 222 valence electrons. The summed E-state index contributed by atoms with van der Waals surface area (Å²) in [6, 6.07) is 17.1. The first-order valence-electron chi connectivity index (χ1n) is 12.7. The fourth-order valence-electron chi connectivity index (χ4n) is 4.97. The molecule has 41 heavy (non-hydrogen) atoms. The number of para-hydroxylation sites is 1. The first-order chi connectivity index (χ1) is 18.7. The molecule has 1 saturated heterocycles. The normalized spacial score (nSPS) is 15.6. The molecule has 1 fully saturated rings. The molecule has 0 saturated carbocycles. The Morgan fingerprint density at radius 1 is 0.927 bits per heavy atom. The maximum Gasteiger partial charge on any atom is 1.00 e. The van der Waals surface area contributed by atoms with Gasteiger partial charge in [0.1, 0.15) is 17.7 Å². The van der Waals surface area contributed by atoms with E-state index in [-0.39, 0.29) is 57.7 Å². The minimum atomic E-state index is -0.550. The molecule has 12 heteroatoms. The monoisotopic (exact) mass is 646 g/mol. The zero-order chi connectivity index (χ0) is 27.9. The molecule has 1 heterocycles. The van der Waals surface area contributed by atoms with Crippen LogP contribution in [0, 0.1) is 11.6 Å². The van der Waals surface area contributed by atoms with Crippen LogP contribution in [0.4, 0.5) is 14.5 Å². The molecule has 1 aliphatic rings. The molecule has 4 rings (SSSR count). The topological polar surface area (TPSA) is 78.7 Å². The summed E-state index contributed by atoms with van der Waals surface area (Å²) in [5.41, 5.74) is 7.96. The molecule has 1 atom stereocenters. The summed E-state index contributed by atoms with van der Waals surface area (Å²) in [5.74, 6) is -1.43. The van der Waals surface area contributed by atoms with Crippen LogP contribution in [0.15, 0.2) is 66.7 Å². The summed E-state index contributed by atoms with van der Waals surface area (Å²) in [6.07, 6.45) is 1.44. The summed E-state index contributed by atoms with van der Waals surface area (Å²) in [6.45, 7) is 2.13. The maximum absolute atomic E-state index is 13.5. The fraction of sp³-hybridized carbons (Fsp3) is 0.310. The fourth-order valence-corrected chi connectivity index (χ4v) is 5.46. The van der Waals surface area contributed by atoms with E-state index in [9.17, 15) is 18.4 Å². The molecule has 1 unspecified atom stereocenters. The maximum atomic E-state index is 13.5. The Morgan fingerprint density at radius 2 is 1.46 bits per heavy atom. The second kappa shape index (κ2) is 16.2. The summed E-state index contributed by atoms with van der Waals surface area (Å²) in [7, 11) is 0. The van der Waals surface area contributed by atoms with Crippen molar-refractivity contribution in [3.63, 3.8) is 0 Å².